The van der Waals surface area contributed by atoms with Crippen molar-refractivity contribution in [1.82, 2.24) is 15.5 Å². The number of nitro benzene ring substituents is 1. The Morgan fingerprint density at radius 2 is 2.17 bits per heavy atom. The zero-order valence-corrected chi connectivity index (χ0v) is 13.5. The zero-order chi connectivity index (χ0) is 17.1. The van der Waals surface area contributed by atoms with Crippen LogP contribution in [-0.4, -0.2) is 21.0 Å². The molecule has 1 atom stereocenters. The monoisotopic (exact) mass is 342 g/mol. The lowest BCUT2D eigenvalue weighted by Gasteiger charge is -2.13. The first-order valence-corrected chi connectivity index (χ1v) is 8.07. The molecule has 0 aliphatic carbocycles. The van der Waals surface area contributed by atoms with E-state index in [-0.39, 0.29) is 23.3 Å². The number of carbonyl (C=O) groups excluding carboxylic acids is 1. The lowest BCUT2D eigenvalue weighted by atomic mass is 10.1. The molecule has 0 radical (unpaired) electrons. The minimum atomic E-state index is -0.459. The first-order chi connectivity index (χ1) is 11.5. The zero-order valence-electron chi connectivity index (χ0n) is 12.7. The van der Waals surface area contributed by atoms with Crippen molar-refractivity contribution in [3.8, 4) is 10.6 Å². The van der Waals surface area contributed by atoms with Crippen molar-refractivity contribution in [2.45, 2.75) is 13.0 Å². The number of hydrogen-bond donors (Lipinski definition) is 2. The first-order valence-electron chi connectivity index (χ1n) is 7.19. The molecule has 1 unspecified atom stereocenters. The van der Waals surface area contributed by atoms with Gasteiger partial charge in [0.15, 0.2) is 5.69 Å². The highest BCUT2D eigenvalue weighted by Gasteiger charge is 2.17. The summed E-state index contributed by atoms with van der Waals surface area (Å²) in [6.07, 6.45) is 0. The van der Waals surface area contributed by atoms with Gasteiger partial charge in [-0.3, -0.25) is 20.0 Å². The second-order valence-corrected chi connectivity index (χ2v) is 6.14. The molecule has 2 N–H and O–H groups in total. The van der Waals surface area contributed by atoms with Crippen LogP contribution in [0.25, 0.3) is 10.6 Å². The number of rotatable bonds is 5. The summed E-state index contributed by atoms with van der Waals surface area (Å²) in [5, 5.41) is 22.4. The molecule has 0 fully saturated rings. The molecule has 8 heteroatoms. The number of nitrogens with zero attached hydrogens (tertiary/aromatic N) is 2. The van der Waals surface area contributed by atoms with Gasteiger partial charge in [0.05, 0.1) is 21.5 Å². The van der Waals surface area contributed by atoms with E-state index in [2.05, 4.69) is 15.5 Å². The fourth-order valence-corrected chi connectivity index (χ4v) is 2.95. The van der Waals surface area contributed by atoms with Gasteiger partial charge in [0.1, 0.15) is 0 Å². The highest BCUT2D eigenvalue weighted by molar-refractivity contribution is 7.13. The minimum Gasteiger partial charge on any atom is -0.344 e. The molecule has 24 heavy (non-hydrogen) atoms. The number of benzene rings is 1. The lowest BCUT2D eigenvalue weighted by molar-refractivity contribution is -0.384. The molecule has 0 spiro atoms. The number of carbonyl (C=O) groups is 1. The molecule has 7 nitrogen and oxygen atoms in total. The van der Waals surface area contributed by atoms with E-state index >= 15 is 0 Å². The standard InChI is InChI=1S/C16H14N4O3S/c1-10(11-4-2-5-12(8-11)20(22)23)17-16(21)14-9-13(18-19-14)15-6-3-7-24-15/h2-10H,1H3,(H,17,21)(H,18,19). The summed E-state index contributed by atoms with van der Waals surface area (Å²) in [4.78, 5) is 23.7. The number of nitrogens with one attached hydrogen (secondary N) is 2. The van der Waals surface area contributed by atoms with Crippen molar-refractivity contribution >= 4 is 22.9 Å². The topological polar surface area (TPSA) is 101 Å². The number of aromatic amines is 1. The fraction of sp³-hybridized carbons (Fsp3) is 0.125. The number of aromatic nitrogens is 2. The molecule has 2 heterocycles. The van der Waals surface area contributed by atoms with Crippen molar-refractivity contribution < 1.29 is 9.72 Å². The molecule has 3 rings (SSSR count). The number of hydrogen-bond acceptors (Lipinski definition) is 5. The molecule has 122 valence electrons. The van der Waals surface area contributed by atoms with Crippen molar-refractivity contribution in [2.24, 2.45) is 0 Å². The SMILES string of the molecule is CC(NC(=O)c1cc(-c2cccs2)[nH]n1)c1cccc([N+](=O)[O-])c1. The van der Waals surface area contributed by atoms with Crippen LogP contribution in [0.4, 0.5) is 5.69 Å². The number of non-ortho nitro benzene ring substituents is 1. The molecule has 0 aliphatic rings. The summed E-state index contributed by atoms with van der Waals surface area (Å²) in [6, 6.07) is 11.4. The highest BCUT2D eigenvalue weighted by Crippen LogP contribution is 2.23. The second-order valence-electron chi connectivity index (χ2n) is 5.19. The van der Waals surface area contributed by atoms with Gasteiger partial charge in [0.2, 0.25) is 0 Å². The van der Waals surface area contributed by atoms with E-state index in [4.69, 9.17) is 0 Å². The Balaban J connectivity index is 1.72. The van der Waals surface area contributed by atoms with Crippen LogP contribution in [0, 0.1) is 10.1 Å². The van der Waals surface area contributed by atoms with Gasteiger partial charge in [-0.05, 0) is 30.0 Å². The van der Waals surface area contributed by atoms with Crippen molar-refractivity contribution in [1.29, 1.82) is 0 Å². The molecule has 0 aliphatic heterocycles. The summed E-state index contributed by atoms with van der Waals surface area (Å²) in [5.74, 6) is -0.340. The molecule has 0 saturated heterocycles. The predicted molar refractivity (Wildman–Crippen MR) is 90.9 cm³/mol. The molecule has 1 amide bonds. The largest absolute Gasteiger partial charge is 0.344 e. The van der Waals surface area contributed by atoms with Gasteiger partial charge < -0.3 is 5.32 Å². The Morgan fingerprint density at radius 1 is 1.33 bits per heavy atom. The highest BCUT2D eigenvalue weighted by atomic mass is 32.1. The van der Waals surface area contributed by atoms with E-state index in [0.717, 1.165) is 10.6 Å². The maximum absolute atomic E-state index is 12.3. The minimum absolute atomic E-state index is 0.00616. The molecule has 1 aromatic carbocycles. The average molecular weight is 342 g/mol. The summed E-state index contributed by atoms with van der Waals surface area (Å²) in [7, 11) is 0. The van der Waals surface area contributed by atoms with E-state index in [0.29, 0.717) is 5.56 Å². The van der Waals surface area contributed by atoms with Crippen LogP contribution >= 0.6 is 11.3 Å². The van der Waals surface area contributed by atoms with E-state index in [1.54, 1.807) is 36.5 Å². The third-order valence-corrected chi connectivity index (χ3v) is 4.43. The van der Waals surface area contributed by atoms with Crippen LogP contribution in [0.2, 0.25) is 0 Å². The Morgan fingerprint density at radius 3 is 2.88 bits per heavy atom. The lowest BCUT2D eigenvalue weighted by Crippen LogP contribution is -2.27. The molecule has 0 saturated carbocycles. The normalized spacial score (nSPS) is 11.9. The predicted octanol–water partition coefficient (Wildman–Crippen LogP) is 3.54. The van der Waals surface area contributed by atoms with Gasteiger partial charge in [-0.15, -0.1) is 11.3 Å². The number of amides is 1. The third-order valence-electron chi connectivity index (χ3n) is 3.53. The second kappa shape index (κ2) is 6.63. The van der Waals surface area contributed by atoms with E-state index in [1.165, 1.54) is 12.1 Å². The number of H-pyrrole nitrogens is 1. The maximum atomic E-state index is 12.3. The molecule has 2 aromatic heterocycles. The smallest absolute Gasteiger partial charge is 0.272 e. The molecule has 3 aromatic rings. The Kier molecular flexibility index (Phi) is 4.39. The quantitative estimate of drug-likeness (QED) is 0.547. The van der Waals surface area contributed by atoms with E-state index < -0.39 is 4.92 Å². The van der Waals surface area contributed by atoms with Crippen LogP contribution in [0.5, 0.6) is 0 Å². The van der Waals surface area contributed by atoms with Crippen LogP contribution in [-0.2, 0) is 0 Å². The van der Waals surface area contributed by atoms with Crippen LogP contribution < -0.4 is 5.32 Å². The summed E-state index contributed by atoms with van der Waals surface area (Å²) < 4.78 is 0. The number of thiophene rings is 1. The maximum Gasteiger partial charge on any atom is 0.272 e. The van der Waals surface area contributed by atoms with Gasteiger partial charge in [0.25, 0.3) is 11.6 Å². The average Bonchev–Trinajstić information content (AvgIpc) is 3.26. The van der Waals surface area contributed by atoms with Gasteiger partial charge in [0, 0.05) is 12.1 Å². The van der Waals surface area contributed by atoms with E-state index in [9.17, 15) is 14.9 Å². The van der Waals surface area contributed by atoms with Crippen LogP contribution in [0.1, 0.15) is 29.0 Å². The summed E-state index contributed by atoms with van der Waals surface area (Å²) >= 11 is 1.55. The van der Waals surface area contributed by atoms with Gasteiger partial charge in [-0.2, -0.15) is 5.10 Å². The Bertz CT molecular complexity index is 873. The van der Waals surface area contributed by atoms with Crippen molar-refractivity contribution in [2.75, 3.05) is 0 Å². The summed E-state index contributed by atoms with van der Waals surface area (Å²) in [6.45, 7) is 1.77. The summed E-state index contributed by atoms with van der Waals surface area (Å²) in [5.41, 5.74) is 1.70. The van der Waals surface area contributed by atoms with Gasteiger partial charge in [-0.25, -0.2) is 0 Å². The van der Waals surface area contributed by atoms with Crippen LogP contribution in [0.3, 0.4) is 0 Å². The molecular formula is C16H14N4O3S. The first kappa shape index (κ1) is 15.9. The number of nitro groups is 1. The van der Waals surface area contributed by atoms with Crippen molar-refractivity contribution in [3.05, 3.63) is 69.2 Å². The van der Waals surface area contributed by atoms with Crippen molar-refractivity contribution in [3.63, 3.8) is 0 Å². The fourth-order valence-electron chi connectivity index (χ4n) is 2.26. The Hall–Kier alpha value is -3.00. The van der Waals surface area contributed by atoms with Gasteiger partial charge in [-0.1, -0.05) is 18.2 Å². The third kappa shape index (κ3) is 3.33. The van der Waals surface area contributed by atoms with Gasteiger partial charge >= 0.3 is 0 Å². The van der Waals surface area contributed by atoms with Crippen LogP contribution in [0.15, 0.2) is 47.8 Å². The Labute approximate surface area is 141 Å². The molecular weight excluding hydrogens is 328 g/mol. The van der Waals surface area contributed by atoms with E-state index in [1.807, 2.05) is 17.5 Å². The molecule has 0 bridgehead atoms.